The Morgan fingerprint density at radius 1 is 1.13 bits per heavy atom. The number of hydrogen-bond acceptors (Lipinski definition) is 4. The molecule has 5 heteroatoms. The number of nitrogens with one attached hydrogen (secondary N) is 1. The molecule has 0 bridgehead atoms. The number of hydrogen-bond donors (Lipinski definition) is 1. The molecule has 0 saturated heterocycles. The van der Waals surface area contributed by atoms with Gasteiger partial charge in [0.25, 0.3) is 5.91 Å². The van der Waals surface area contributed by atoms with Crippen LogP contribution in [-0.4, -0.2) is 26.7 Å². The van der Waals surface area contributed by atoms with E-state index < -0.39 is 0 Å². The molecule has 2 aromatic rings. The lowest BCUT2D eigenvalue weighted by Gasteiger charge is -2.18. The van der Waals surface area contributed by atoms with Crippen molar-refractivity contribution in [2.75, 3.05) is 26.1 Å². The third-order valence-electron chi connectivity index (χ3n) is 3.83. The second-order valence-corrected chi connectivity index (χ2v) is 5.29. The molecule has 1 N–H and O–H groups in total. The Bertz CT molecular complexity index is 727. The molecular formula is C18H19NO4. The minimum absolute atomic E-state index is 0.190. The van der Waals surface area contributed by atoms with Crippen LogP contribution in [0.1, 0.15) is 22.3 Å². The molecule has 1 heterocycles. The maximum atomic E-state index is 12.5. The zero-order valence-corrected chi connectivity index (χ0v) is 13.2. The average Bonchev–Trinajstić information content (AvgIpc) is 2.61. The predicted octanol–water partition coefficient (Wildman–Crippen LogP) is 3.28. The molecule has 0 aliphatic carbocycles. The van der Waals surface area contributed by atoms with Gasteiger partial charge in [0.1, 0.15) is 17.2 Å². The molecule has 3 rings (SSSR count). The molecule has 0 aromatic heterocycles. The number of fused-ring (bicyclic) bond motifs is 1. The summed E-state index contributed by atoms with van der Waals surface area (Å²) in [6.07, 6.45) is 1.90. The summed E-state index contributed by atoms with van der Waals surface area (Å²) in [6.45, 7) is 0.736. The van der Waals surface area contributed by atoms with Gasteiger partial charge in [0, 0.05) is 11.6 Å². The number of carbonyl (C=O) groups excluding carboxylic acids is 1. The van der Waals surface area contributed by atoms with Gasteiger partial charge in [-0.25, -0.2) is 0 Å². The van der Waals surface area contributed by atoms with Gasteiger partial charge in [0.15, 0.2) is 0 Å². The number of carbonyl (C=O) groups is 1. The lowest BCUT2D eigenvalue weighted by Crippen LogP contribution is -2.15. The van der Waals surface area contributed by atoms with Gasteiger partial charge in [0.2, 0.25) is 0 Å². The number of rotatable bonds is 4. The van der Waals surface area contributed by atoms with Crippen LogP contribution in [0, 0.1) is 0 Å². The Morgan fingerprint density at radius 2 is 2.00 bits per heavy atom. The summed E-state index contributed by atoms with van der Waals surface area (Å²) in [4.78, 5) is 12.5. The molecule has 0 fully saturated rings. The van der Waals surface area contributed by atoms with Crippen LogP contribution in [-0.2, 0) is 6.42 Å². The summed E-state index contributed by atoms with van der Waals surface area (Å²) in [5, 5.41) is 2.87. The van der Waals surface area contributed by atoms with Crippen molar-refractivity contribution in [2.45, 2.75) is 12.8 Å². The quantitative estimate of drug-likeness (QED) is 0.941. The van der Waals surface area contributed by atoms with Crippen LogP contribution in [0.15, 0.2) is 36.4 Å². The smallest absolute Gasteiger partial charge is 0.255 e. The Labute approximate surface area is 135 Å². The minimum Gasteiger partial charge on any atom is -0.497 e. The molecule has 120 valence electrons. The fraction of sp³-hybridized carbons (Fsp3) is 0.278. The van der Waals surface area contributed by atoms with Gasteiger partial charge >= 0.3 is 0 Å². The molecule has 0 spiro atoms. The summed E-state index contributed by atoms with van der Waals surface area (Å²) in [7, 11) is 3.14. The van der Waals surface area contributed by atoms with Gasteiger partial charge in [-0.3, -0.25) is 4.79 Å². The number of benzene rings is 2. The van der Waals surface area contributed by atoms with E-state index in [-0.39, 0.29) is 5.91 Å². The van der Waals surface area contributed by atoms with Gasteiger partial charge in [-0.05, 0) is 48.7 Å². The summed E-state index contributed by atoms with van der Waals surface area (Å²) < 4.78 is 16.0. The van der Waals surface area contributed by atoms with Gasteiger partial charge in [-0.2, -0.15) is 0 Å². The SMILES string of the molecule is COc1ccc(OC)c(NC(=O)c2ccc3c(c2)CCCO3)c1. The molecule has 23 heavy (non-hydrogen) atoms. The monoisotopic (exact) mass is 313 g/mol. The third kappa shape index (κ3) is 3.23. The molecule has 0 unspecified atom stereocenters. The average molecular weight is 313 g/mol. The first-order chi connectivity index (χ1) is 11.2. The van der Waals surface area contributed by atoms with Crippen molar-refractivity contribution < 1.29 is 19.0 Å². The highest BCUT2D eigenvalue weighted by molar-refractivity contribution is 6.05. The zero-order valence-electron chi connectivity index (χ0n) is 13.2. The van der Waals surface area contributed by atoms with E-state index in [2.05, 4.69) is 5.32 Å². The van der Waals surface area contributed by atoms with Crippen LogP contribution in [0.25, 0.3) is 0 Å². The van der Waals surface area contributed by atoms with Crippen molar-refractivity contribution in [3.63, 3.8) is 0 Å². The van der Waals surface area contributed by atoms with Crippen molar-refractivity contribution >= 4 is 11.6 Å². The Morgan fingerprint density at radius 3 is 2.78 bits per heavy atom. The van der Waals surface area contributed by atoms with Crippen LogP contribution >= 0.6 is 0 Å². The first kappa shape index (κ1) is 15.2. The number of anilines is 1. The largest absolute Gasteiger partial charge is 0.497 e. The normalized spacial score (nSPS) is 12.8. The summed E-state index contributed by atoms with van der Waals surface area (Å²) >= 11 is 0. The first-order valence-corrected chi connectivity index (χ1v) is 7.50. The van der Waals surface area contributed by atoms with Gasteiger partial charge in [-0.15, -0.1) is 0 Å². The second-order valence-electron chi connectivity index (χ2n) is 5.29. The minimum atomic E-state index is -0.190. The molecule has 2 aromatic carbocycles. The predicted molar refractivity (Wildman–Crippen MR) is 87.8 cm³/mol. The first-order valence-electron chi connectivity index (χ1n) is 7.50. The Balaban J connectivity index is 1.84. The van der Waals surface area contributed by atoms with Crippen molar-refractivity contribution in [1.82, 2.24) is 0 Å². The van der Waals surface area contributed by atoms with E-state index in [0.29, 0.717) is 22.7 Å². The molecule has 1 aliphatic rings. The van der Waals surface area contributed by atoms with E-state index in [1.165, 1.54) is 0 Å². The molecule has 0 saturated carbocycles. The van der Waals surface area contributed by atoms with Crippen LogP contribution in [0.4, 0.5) is 5.69 Å². The number of methoxy groups -OCH3 is 2. The van der Waals surface area contributed by atoms with Crippen molar-refractivity contribution in [2.24, 2.45) is 0 Å². The number of aryl methyl sites for hydroxylation is 1. The topological polar surface area (TPSA) is 56.8 Å². The van der Waals surface area contributed by atoms with Crippen molar-refractivity contribution in [3.8, 4) is 17.2 Å². The van der Waals surface area contributed by atoms with E-state index in [1.54, 1.807) is 38.5 Å². The highest BCUT2D eigenvalue weighted by Gasteiger charge is 2.15. The van der Waals surface area contributed by atoms with E-state index in [4.69, 9.17) is 14.2 Å². The third-order valence-corrected chi connectivity index (χ3v) is 3.83. The van der Waals surface area contributed by atoms with E-state index in [0.717, 1.165) is 30.8 Å². The fourth-order valence-electron chi connectivity index (χ4n) is 2.61. The molecule has 1 amide bonds. The number of amides is 1. The molecule has 0 radical (unpaired) electrons. The molecule has 5 nitrogen and oxygen atoms in total. The van der Waals surface area contributed by atoms with Crippen LogP contribution in [0.2, 0.25) is 0 Å². The maximum Gasteiger partial charge on any atom is 0.255 e. The molecule has 0 atom stereocenters. The van der Waals surface area contributed by atoms with E-state index >= 15 is 0 Å². The summed E-state index contributed by atoms with van der Waals surface area (Å²) in [6, 6.07) is 10.8. The van der Waals surface area contributed by atoms with Crippen LogP contribution in [0.5, 0.6) is 17.2 Å². The highest BCUT2D eigenvalue weighted by Crippen LogP contribution is 2.30. The maximum absolute atomic E-state index is 12.5. The number of ether oxygens (including phenoxy) is 3. The van der Waals surface area contributed by atoms with Crippen LogP contribution in [0.3, 0.4) is 0 Å². The van der Waals surface area contributed by atoms with Gasteiger partial charge < -0.3 is 19.5 Å². The molecular weight excluding hydrogens is 294 g/mol. The summed E-state index contributed by atoms with van der Waals surface area (Å²) in [5.41, 5.74) is 2.24. The standard InChI is InChI=1S/C18H19NO4/c1-21-14-6-8-17(22-2)15(11-14)19-18(20)13-5-7-16-12(10-13)4-3-9-23-16/h5-8,10-11H,3-4,9H2,1-2H3,(H,19,20). The van der Waals surface area contributed by atoms with Crippen molar-refractivity contribution in [3.05, 3.63) is 47.5 Å². The van der Waals surface area contributed by atoms with Crippen LogP contribution < -0.4 is 19.5 Å². The fourth-order valence-corrected chi connectivity index (χ4v) is 2.61. The highest BCUT2D eigenvalue weighted by atomic mass is 16.5. The molecule has 1 aliphatic heterocycles. The van der Waals surface area contributed by atoms with Gasteiger partial charge in [0.05, 0.1) is 26.5 Å². The lowest BCUT2D eigenvalue weighted by atomic mass is 10.0. The van der Waals surface area contributed by atoms with Gasteiger partial charge in [-0.1, -0.05) is 0 Å². The van der Waals surface area contributed by atoms with E-state index in [1.807, 2.05) is 12.1 Å². The Kier molecular flexibility index (Phi) is 4.37. The van der Waals surface area contributed by atoms with E-state index in [9.17, 15) is 4.79 Å². The van der Waals surface area contributed by atoms with Crippen molar-refractivity contribution in [1.29, 1.82) is 0 Å². The summed E-state index contributed by atoms with van der Waals surface area (Å²) in [5.74, 6) is 1.91. The lowest BCUT2D eigenvalue weighted by molar-refractivity contribution is 0.102. The Hall–Kier alpha value is -2.69. The zero-order chi connectivity index (χ0) is 16.2. The second kappa shape index (κ2) is 6.60.